The van der Waals surface area contributed by atoms with Gasteiger partial charge in [-0.3, -0.25) is 9.79 Å². The standard InChI is InChI=1S/C17H28N4O/c1-5-7-11-21(4)17(18-3)20-13-14-9-8-10-15(12-14)16(22)19-6-2/h8-10,12H,5-7,11,13H2,1-4H3,(H,18,20)(H,19,22). The highest BCUT2D eigenvalue weighted by molar-refractivity contribution is 5.94. The summed E-state index contributed by atoms with van der Waals surface area (Å²) in [5.74, 6) is 0.839. The first-order chi connectivity index (χ1) is 10.6. The normalized spacial score (nSPS) is 11.2. The monoisotopic (exact) mass is 304 g/mol. The van der Waals surface area contributed by atoms with Crippen molar-refractivity contribution < 1.29 is 4.79 Å². The van der Waals surface area contributed by atoms with Gasteiger partial charge in [-0.05, 0) is 31.0 Å². The number of guanidine groups is 1. The maximum atomic E-state index is 11.9. The quantitative estimate of drug-likeness (QED) is 0.600. The van der Waals surface area contributed by atoms with Crippen molar-refractivity contribution in [2.75, 3.05) is 27.2 Å². The van der Waals surface area contributed by atoms with E-state index in [2.05, 4.69) is 27.4 Å². The summed E-state index contributed by atoms with van der Waals surface area (Å²) in [6.07, 6.45) is 2.31. The smallest absolute Gasteiger partial charge is 0.251 e. The van der Waals surface area contributed by atoms with Gasteiger partial charge in [0, 0.05) is 39.3 Å². The SMILES string of the molecule is CCCCN(C)C(=NC)NCc1cccc(C(=O)NCC)c1. The second-order valence-corrected chi connectivity index (χ2v) is 5.24. The molecule has 0 aliphatic carbocycles. The van der Waals surface area contributed by atoms with Crippen molar-refractivity contribution in [3.05, 3.63) is 35.4 Å². The minimum Gasteiger partial charge on any atom is -0.352 e. The largest absolute Gasteiger partial charge is 0.352 e. The van der Waals surface area contributed by atoms with E-state index >= 15 is 0 Å². The van der Waals surface area contributed by atoms with E-state index in [4.69, 9.17) is 0 Å². The molecule has 0 unspecified atom stereocenters. The lowest BCUT2D eigenvalue weighted by Crippen LogP contribution is -2.39. The number of nitrogens with zero attached hydrogens (tertiary/aromatic N) is 2. The zero-order valence-corrected chi connectivity index (χ0v) is 14.1. The molecular weight excluding hydrogens is 276 g/mol. The zero-order valence-electron chi connectivity index (χ0n) is 14.1. The predicted molar refractivity (Wildman–Crippen MR) is 92.2 cm³/mol. The number of amides is 1. The second-order valence-electron chi connectivity index (χ2n) is 5.24. The van der Waals surface area contributed by atoms with Crippen LogP contribution in [0.15, 0.2) is 29.3 Å². The molecule has 0 aromatic heterocycles. The van der Waals surface area contributed by atoms with E-state index in [0.717, 1.165) is 30.9 Å². The molecule has 0 saturated heterocycles. The van der Waals surface area contributed by atoms with Crippen molar-refractivity contribution in [3.63, 3.8) is 0 Å². The first-order valence-electron chi connectivity index (χ1n) is 7.91. The zero-order chi connectivity index (χ0) is 16.4. The number of nitrogens with one attached hydrogen (secondary N) is 2. The van der Waals surface area contributed by atoms with E-state index in [1.165, 1.54) is 0 Å². The number of carbonyl (C=O) groups is 1. The fourth-order valence-electron chi connectivity index (χ4n) is 2.15. The molecule has 122 valence electrons. The number of unbranched alkanes of at least 4 members (excludes halogenated alkanes) is 1. The molecule has 5 heteroatoms. The summed E-state index contributed by atoms with van der Waals surface area (Å²) in [5, 5.41) is 6.15. The van der Waals surface area contributed by atoms with Gasteiger partial charge < -0.3 is 15.5 Å². The Labute approximate surface area is 133 Å². The van der Waals surface area contributed by atoms with Crippen LogP contribution in [0.4, 0.5) is 0 Å². The number of aliphatic imine (C=N–C) groups is 1. The predicted octanol–water partition coefficient (Wildman–Crippen LogP) is 2.24. The Kier molecular flexibility index (Phi) is 8.04. The number of rotatable bonds is 7. The molecule has 1 aromatic rings. The molecule has 0 saturated carbocycles. The van der Waals surface area contributed by atoms with E-state index in [1.807, 2.05) is 38.2 Å². The molecule has 1 amide bonds. The van der Waals surface area contributed by atoms with Crippen molar-refractivity contribution in [2.24, 2.45) is 4.99 Å². The summed E-state index contributed by atoms with van der Waals surface area (Å²) >= 11 is 0. The second kappa shape index (κ2) is 9.82. The average molecular weight is 304 g/mol. The molecule has 0 spiro atoms. The molecule has 0 radical (unpaired) electrons. The highest BCUT2D eigenvalue weighted by Gasteiger charge is 2.07. The fourth-order valence-corrected chi connectivity index (χ4v) is 2.15. The van der Waals surface area contributed by atoms with Gasteiger partial charge >= 0.3 is 0 Å². The Hall–Kier alpha value is -2.04. The number of carbonyl (C=O) groups excluding carboxylic acids is 1. The van der Waals surface area contributed by atoms with Crippen LogP contribution in [-0.4, -0.2) is 44.0 Å². The number of benzene rings is 1. The maximum Gasteiger partial charge on any atom is 0.251 e. The van der Waals surface area contributed by atoms with E-state index in [-0.39, 0.29) is 5.91 Å². The number of hydrogen-bond acceptors (Lipinski definition) is 2. The van der Waals surface area contributed by atoms with Crippen LogP contribution >= 0.6 is 0 Å². The summed E-state index contributed by atoms with van der Waals surface area (Å²) in [4.78, 5) is 18.3. The molecule has 1 rings (SSSR count). The Balaban J connectivity index is 2.63. The molecular formula is C17H28N4O. The molecule has 2 N–H and O–H groups in total. The minimum absolute atomic E-state index is 0.0335. The van der Waals surface area contributed by atoms with Crippen LogP contribution in [0.25, 0.3) is 0 Å². The lowest BCUT2D eigenvalue weighted by atomic mass is 10.1. The Morgan fingerprint density at radius 1 is 1.27 bits per heavy atom. The molecule has 22 heavy (non-hydrogen) atoms. The van der Waals surface area contributed by atoms with E-state index in [0.29, 0.717) is 18.7 Å². The average Bonchev–Trinajstić information content (AvgIpc) is 2.54. The van der Waals surface area contributed by atoms with Crippen molar-refractivity contribution in [3.8, 4) is 0 Å². The van der Waals surface area contributed by atoms with Crippen LogP contribution in [-0.2, 0) is 6.54 Å². The van der Waals surface area contributed by atoms with E-state index < -0.39 is 0 Å². The van der Waals surface area contributed by atoms with Crippen LogP contribution in [0, 0.1) is 0 Å². The highest BCUT2D eigenvalue weighted by atomic mass is 16.1. The van der Waals surface area contributed by atoms with Crippen LogP contribution in [0.5, 0.6) is 0 Å². The lowest BCUT2D eigenvalue weighted by molar-refractivity contribution is 0.0955. The van der Waals surface area contributed by atoms with Crippen LogP contribution in [0.3, 0.4) is 0 Å². The molecule has 0 aliphatic rings. The molecule has 0 bridgehead atoms. The summed E-state index contributed by atoms with van der Waals surface area (Å²) in [6.45, 7) is 6.36. The summed E-state index contributed by atoms with van der Waals surface area (Å²) in [6, 6.07) is 7.66. The third-order valence-electron chi connectivity index (χ3n) is 3.40. The van der Waals surface area contributed by atoms with Gasteiger partial charge in [-0.2, -0.15) is 0 Å². The maximum absolute atomic E-state index is 11.9. The summed E-state index contributed by atoms with van der Waals surface area (Å²) < 4.78 is 0. The van der Waals surface area contributed by atoms with Crippen molar-refractivity contribution in [2.45, 2.75) is 33.2 Å². The Bertz CT molecular complexity index is 499. The molecule has 0 atom stereocenters. The van der Waals surface area contributed by atoms with Gasteiger partial charge in [-0.1, -0.05) is 25.5 Å². The van der Waals surface area contributed by atoms with Gasteiger partial charge in [0.1, 0.15) is 0 Å². The van der Waals surface area contributed by atoms with Gasteiger partial charge in [0.25, 0.3) is 5.91 Å². The number of hydrogen-bond donors (Lipinski definition) is 2. The first-order valence-corrected chi connectivity index (χ1v) is 7.91. The van der Waals surface area contributed by atoms with Gasteiger partial charge in [-0.25, -0.2) is 0 Å². The van der Waals surface area contributed by atoms with E-state index in [9.17, 15) is 4.79 Å². The van der Waals surface area contributed by atoms with Crippen molar-refractivity contribution in [1.82, 2.24) is 15.5 Å². The van der Waals surface area contributed by atoms with Gasteiger partial charge in [0.15, 0.2) is 5.96 Å². The summed E-state index contributed by atoms with van der Waals surface area (Å²) in [7, 11) is 3.83. The Morgan fingerprint density at radius 3 is 2.68 bits per heavy atom. The molecule has 0 aliphatic heterocycles. The fraction of sp³-hybridized carbons (Fsp3) is 0.529. The minimum atomic E-state index is -0.0335. The Morgan fingerprint density at radius 2 is 2.05 bits per heavy atom. The first kappa shape index (κ1) is 18.0. The molecule has 0 heterocycles. The van der Waals surface area contributed by atoms with Gasteiger partial charge in [-0.15, -0.1) is 0 Å². The third kappa shape index (κ3) is 5.76. The molecule has 0 fully saturated rings. The van der Waals surface area contributed by atoms with Gasteiger partial charge in [0.05, 0.1) is 0 Å². The third-order valence-corrected chi connectivity index (χ3v) is 3.40. The van der Waals surface area contributed by atoms with E-state index in [1.54, 1.807) is 7.05 Å². The topological polar surface area (TPSA) is 56.7 Å². The van der Waals surface area contributed by atoms with Crippen LogP contribution in [0.1, 0.15) is 42.6 Å². The van der Waals surface area contributed by atoms with Crippen LogP contribution in [0.2, 0.25) is 0 Å². The lowest BCUT2D eigenvalue weighted by Gasteiger charge is -2.22. The van der Waals surface area contributed by atoms with Crippen molar-refractivity contribution >= 4 is 11.9 Å². The molecule has 5 nitrogen and oxygen atoms in total. The summed E-state index contributed by atoms with van der Waals surface area (Å²) in [5.41, 5.74) is 1.75. The van der Waals surface area contributed by atoms with Crippen molar-refractivity contribution in [1.29, 1.82) is 0 Å². The van der Waals surface area contributed by atoms with Gasteiger partial charge in [0.2, 0.25) is 0 Å². The highest BCUT2D eigenvalue weighted by Crippen LogP contribution is 2.05. The van der Waals surface area contributed by atoms with Crippen LogP contribution < -0.4 is 10.6 Å². The molecule has 1 aromatic carbocycles.